The zero-order valence-corrected chi connectivity index (χ0v) is 15.8. The predicted molar refractivity (Wildman–Crippen MR) is 104 cm³/mol. The first-order valence-corrected chi connectivity index (χ1v) is 9.55. The number of nitrogens with one attached hydrogen (secondary N) is 2. The first-order valence-electron chi connectivity index (χ1n) is 9.55. The highest BCUT2D eigenvalue weighted by Crippen LogP contribution is 2.19. The zero-order valence-electron chi connectivity index (χ0n) is 15.8. The summed E-state index contributed by atoms with van der Waals surface area (Å²) in [5.74, 6) is 1.52. The van der Waals surface area contributed by atoms with Crippen molar-refractivity contribution in [1.29, 1.82) is 0 Å². The number of amides is 1. The Kier molecular flexibility index (Phi) is 7.76. The van der Waals surface area contributed by atoms with Gasteiger partial charge < -0.3 is 15.5 Å². The van der Waals surface area contributed by atoms with Crippen LogP contribution in [0.2, 0.25) is 0 Å². The van der Waals surface area contributed by atoms with Gasteiger partial charge in [-0.15, -0.1) is 0 Å². The third kappa shape index (κ3) is 5.76. The Labute approximate surface area is 151 Å². The standard InChI is InChI=1S/C20H32N4O/c1-4-16(17-10-8-7-9-11-17)14-22-20(21-6-3)23-18-12-13-24(15-18)19(25)5-2/h7-11,16,18H,4-6,12-15H2,1-3H3,(H2,21,22,23). The molecule has 2 rings (SSSR count). The highest BCUT2D eigenvalue weighted by Gasteiger charge is 2.25. The lowest BCUT2D eigenvalue weighted by Crippen LogP contribution is -2.45. The molecule has 1 aliphatic heterocycles. The Bertz CT molecular complexity index is 558. The maximum atomic E-state index is 11.8. The maximum absolute atomic E-state index is 11.8. The van der Waals surface area contributed by atoms with Crippen LogP contribution in [0.5, 0.6) is 0 Å². The molecule has 5 heteroatoms. The molecule has 1 aromatic carbocycles. The molecule has 138 valence electrons. The van der Waals surface area contributed by atoms with Crippen LogP contribution in [-0.4, -0.2) is 49.0 Å². The van der Waals surface area contributed by atoms with E-state index in [1.54, 1.807) is 0 Å². The highest BCUT2D eigenvalue weighted by atomic mass is 16.2. The summed E-state index contributed by atoms with van der Waals surface area (Å²) in [5.41, 5.74) is 1.34. The van der Waals surface area contributed by atoms with Crippen LogP contribution in [0, 0.1) is 0 Å². The fourth-order valence-corrected chi connectivity index (χ4v) is 3.24. The van der Waals surface area contributed by atoms with Crippen molar-refractivity contribution in [2.45, 2.75) is 52.0 Å². The Hall–Kier alpha value is -2.04. The van der Waals surface area contributed by atoms with Gasteiger partial charge in [-0.3, -0.25) is 9.79 Å². The number of nitrogens with zero attached hydrogens (tertiary/aromatic N) is 2. The first-order chi connectivity index (χ1) is 12.2. The van der Waals surface area contributed by atoms with Gasteiger partial charge in [-0.25, -0.2) is 0 Å². The van der Waals surface area contributed by atoms with Crippen LogP contribution in [0.4, 0.5) is 0 Å². The molecule has 2 N–H and O–H groups in total. The Balaban J connectivity index is 1.95. The minimum Gasteiger partial charge on any atom is -0.357 e. The zero-order chi connectivity index (χ0) is 18.1. The van der Waals surface area contributed by atoms with Crippen LogP contribution in [0.25, 0.3) is 0 Å². The average Bonchev–Trinajstić information content (AvgIpc) is 3.11. The van der Waals surface area contributed by atoms with Gasteiger partial charge in [-0.05, 0) is 25.3 Å². The van der Waals surface area contributed by atoms with Crippen molar-refractivity contribution in [3.8, 4) is 0 Å². The molecule has 0 aliphatic carbocycles. The van der Waals surface area contributed by atoms with Crippen molar-refractivity contribution in [2.24, 2.45) is 4.99 Å². The molecule has 1 fully saturated rings. The summed E-state index contributed by atoms with van der Waals surface area (Å²) in [6.07, 6.45) is 2.62. The van der Waals surface area contributed by atoms with Crippen LogP contribution in [-0.2, 0) is 4.79 Å². The minimum atomic E-state index is 0.237. The third-order valence-corrected chi connectivity index (χ3v) is 4.76. The summed E-state index contributed by atoms with van der Waals surface area (Å²) >= 11 is 0. The average molecular weight is 345 g/mol. The van der Waals surface area contributed by atoms with Crippen molar-refractivity contribution in [1.82, 2.24) is 15.5 Å². The summed E-state index contributed by atoms with van der Waals surface area (Å²) in [6, 6.07) is 10.9. The molecule has 2 unspecified atom stereocenters. The summed E-state index contributed by atoms with van der Waals surface area (Å²) < 4.78 is 0. The molecule has 0 saturated carbocycles. The van der Waals surface area contributed by atoms with Crippen molar-refractivity contribution >= 4 is 11.9 Å². The molecular weight excluding hydrogens is 312 g/mol. The number of likely N-dealkylation sites (tertiary alicyclic amines) is 1. The van der Waals surface area contributed by atoms with Crippen molar-refractivity contribution < 1.29 is 4.79 Å². The molecule has 1 heterocycles. The first kappa shape index (κ1) is 19.3. The lowest BCUT2D eigenvalue weighted by atomic mass is 9.97. The molecule has 0 radical (unpaired) electrons. The lowest BCUT2D eigenvalue weighted by Gasteiger charge is -2.20. The molecule has 1 amide bonds. The Morgan fingerprint density at radius 2 is 2.04 bits per heavy atom. The molecule has 1 aromatic rings. The van der Waals surface area contributed by atoms with Gasteiger partial charge in [0.25, 0.3) is 0 Å². The number of carbonyl (C=O) groups excluding carboxylic acids is 1. The second-order valence-corrected chi connectivity index (χ2v) is 6.56. The molecule has 0 bridgehead atoms. The van der Waals surface area contributed by atoms with E-state index in [0.29, 0.717) is 12.3 Å². The number of hydrogen-bond acceptors (Lipinski definition) is 2. The largest absolute Gasteiger partial charge is 0.357 e. The number of aliphatic imine (C=N–C) groups is 1. The van der Waals surface area contributed by atoms with Crippen molar-refractivity contribution in [3.05, 3.63) is 35.9 Å². The molecule has 5 nitrogen and oxygen atoms in total. The quantitative estimate of drug-likeness (QED) is 0.591. The van der Waals surface area contributed by atoms with Crippen molar-refractivity contribution in [3.63, 3.8) is 0 Å². The number of guanidine groups is 1. The molecule has 25 heavy (non-hydrogen) atoms. The van der Waals surface area contributed by atoms with Gasteiger partial charge in [0.2, 0.25) is 5.91 Å². The smallest absolute Gasteiger partial charge is 0.222 e. The summed E-state index contributed by atoms with van der Waals surface area (Å²) in [7, 11) is 0. The lowest BCUT2D eigenvalue weighted by molar-refractivity contribution is -0.129. The SMILES string of the molecule is CCNC(=NCC(CC)c1ccccc1)NC1CCN(C(=O)CC)C1. The van der Waals surface area contributed by atoms with Crippen LogP contribution in [0.15, 0.2) is 35.3 Å². The fourth-order valence-electron chi connectivity index (χ4n) is 3.24. The molecule has 1 aliphatic rings. The van der Waals surface area contributed by atoms with E-state index in [0.717, 1.165) is 45.0 Å². The van der Waals surface area contributed by atoms with E-state index < -0.39 is 0 Å². The third-order valence-electron chi connectivity index (χ3n) is 4.76. The topological polar surface area (TPSA) is 56.7 Å². The van der Waals surface area contributed by atoms with E-state index in [4.69, 9.17) is 4.99 Å². The summed E-state index contributed by atoms with van der Waals surface area (Å²) in [4.78, 5) is 18.6. The van der Waals surface area contributed by atoms with E-state index in [1.165, 1.54) is 5.56 Å². The van der Waals surface area contributed by atoms with E-state index in [1.807, 2.05) is 11.8 Å². The van der Waals surface area contributed by atoms with Gasteiger partial charge in [0.05, 0.1) is 0 Å². The van der Waals surface area contributed by atoms with Crippen LogP contribution >= 0.6 is 0 Å². The number of hydrogen-bond donors (Lipinski definition) is 2. The van der Waals surface area contributed by atoms with Crippen molar-refractivity contribution in [2.75, 3.05) is 26.2 Å². The maximum Gasteiger partial charge on any atom is 0.222 e. The van der Waals surface area contributed by atoms with Crippen LogP contribution in [0.3, 0.4) is 0 Å². The number of carbonyl (C=O) groups is 1. The second-order valence-electron chi connectivity index (χ2n) is 6.56. The van der Waals surface area contributed by atoms with Gasteiger partial charge in [-0.2, -0.15) is 0 Å². The van der Waals surface area contributed by atoms with Crippen LogP contribution in [0.1, 0.15) is 51.5 Å². The van der Waals surface area contributed by atoms with E-state index in [9.17, 15) is 4.79 Å². The van der Waals surface area contributed by atoms with Gasteiger partial charge in [0.1, 0.15) is 0 Å². The second kappa shape index (κ2) is 10.1. The van der Waals surface area contributed by atoms with E-state index >= 15 is 0 Å². The van der Waals surface area contributed by atoms with Gasteiger partial charge in [0.15, 0.2) is 5.96 Å². The van der Waals surface area contributed by atoms with Gasteiger partial charge in [-0.1, -0.05) is 44.2 Å². The molecule has 0 spiro atoms. The van der Waals surface area contributed by atoms with Gasteiger partial charge in [0, 0.05) is 44.6 Å². The highest BCUT2D eigenvalue weighted by molar-refractivity contribution is 5.80. The number of rotatable bonds is 7. The van der Waals surface area contributed by atoms with Crippen LogP contribution < -0.4 is 10.6 Å². The Morgan fingerprint density at radius 3 is 2.68 bits per heavy atom. The molecule has 2 atom stereocenters. The van der Waals surface area contributed by atoms with E-state index in [2.05, 4.69) is 54.8 Å². The number of benzene rings is 1. The normalized spacial score (nSPS) is 18.9. The monoisotopic (exact) mass is 344 g/mol. The van der Waals surface area contributed by atoms with E-state index in [-0.39, 0.29) is 11.9 Å². The predicted octanol–water partition coefficient (Wildman–Crippen LogP) is 2.75. The molecule has 1 saturated heterocycles. The molecular formula is C20H32N4O. The summed E-state index contributed by atoms with van der Waals surface area (Å²) in [5, 5.41) is 6.84. The Morgan fingerprint density at radius 1 is 1.28 bits per heavy atom. The van der Waals surface area contributed by atoms with Gasteiger partial charge >= 0.3 is 0 Å². The fraction of sp³-hybridized carbons (Fsp3) is 0.600. The summed E-state index contributed by atoms with van der Waals surface area (Å²) in [6.45, 7) is 9.41. The molecule has 0 aromatic heterocycles. The minimum absolute atomic E-state index is 0.237.